The number of halogens is 2. The first-order chi connectivity index (χ1) is 14.5. The normalized spacial score (nSPS) is 17.8. The molecule has 2 N–H and O–H groups in total. The predicted octanol–water partition coefficient (Wildman–Crippen LogP) is 3.39. The lowest BCUT2D eigenvalue weighted by Crippen LogP contribution is -2.42. The van der Waals surface area contributed by atoms with Gasteiger partial charge in [0, 0.05) is 25.9 Å². The smallest absolute Gasteiger partial charge is 0.229 e. The van der Waals surface area contributed by atoms with Crippen LogP contribution in [0.4, 0.5) is 4.39 Å². The van der Waals surface area contributed by atoms with Gasteiger partial charge in [-0.2, -0.15) is 0 Å². The molecule has 9 heteroatoms. The topological polar surface area (TPSA) is 83.0 Å². The minimum Gasteiger partial charge on any atom is -0.490 e. The SMILES string of the molecule is CCNC(=NCCN1C(=O)CCCC1=O)NC(C)c1ccc(OCC2CC2)c(F)c1.I. The van der Waals surface area contributed by atoms with Gasteiger partial charge in [0.25, 0.3) is 0 Å². The van der Waals surface area contributed by atoms with Crippen molar-refractivity contribution in [1.82, 2.24) is 15.5 Å². The first-order valence-electron chi connectivity index (χ1n) is 10.8. The highest BCUT2D eigenvalue weighted by Crippen LogP contribution is 2.30. The van der Waals surface area contributed by atoms with E-state index >= 15 is 0 Å². The Balaban J connectivity index is 0.00000341. The van der Waals surface area contributed by atoms with Crippen molar-refractivity contribution in [2.75, 3.05) is 26.2 Å². The number of carbonyl (C=O) groups is 2. The van der Waals surface area contributed by atoms with Gasteiger partial charge in [0.1, 0.15) is 0 Å². The molecule has 1 aromatic carbocycles. The average Bonchev–Trinajstić information content (AvgIpc) is 3.53. The predicted molar refractivity (Wildman–Crippen MR) is 128 cm³/mol. The van der Waals surface area contributed by atoms with Gasteiger partial charge in [0.05, 0.1) is 19.2 Å². The number of guanidine groups is 1. The second-order valence-electron chi connectivity index (χ2n) is 7.86. The van der Waals surface area contributed by atoms with E-state index in [1.54, 1.807) is 6.07 Å². The lowest BCUT2D eigenvalue weighted by atomic mass is 10.1. The minimum absolute atomic E-state index is 0. The molecule has 1 atom stereocenters. The Morgan fingerprint density at radius 1 is 1.29 bits per heavy atom. The number of likely N-dealkylation sites (tertiary alicyclic amines) is 1. The maximum atomic E-state index is 14.4. The van der Waals surface area contributed by atoms with Crippen LogP contribution in [0.1, 0.15) is 57.6 Å². The van der Waals surface area contributed by atoms with E-state index in [4.69, 9.17) is 4.74 Å². The van der Waals surface area contributed by atoms with E-state index in [9.17, 15) is 14.0 Å². The van der Waals surface area contributed by atoms with Gasteiger partial charge in [-0.3, -0.25) is 19.5 Å². The molecule has 172 valence electrons. The first-order valence-corrected chi connectivity index (χ1v) is 10.8. The Kier molecular flexibility index (Phi) is 9.98. The molecule has 1 aliphatic carbocycles. The number of benzene rings is 1. The molecule has 2 amide bonds. The van der Waals surface area contributed by atoms with Gasteiger partial charge >= 0.3 is 0 Å². The van der Waals surface area contributed by atoms with E-state index in [0.717, 1.165) is 18.4 Å². The summed E-state index contributed by atoms with van der Waals surface area (Å²) in [7, 11) is 0. The van der Waals surface area contributed by atoms with Crippen LogP contribution in [0.3, 0.4) is 0 Å². The number of carbonyl (C=O) groups excluding carboxylic acids is 2. The van der Waals surface area contributed by atoms with Gasteiger partial charge in [0.2, 0.25) is 11.8 Å². The van der Waals surface area contributed by atoms with E-state index in [2.05, 4.69) is 15.6 Å². The summed E-state index contributed by atoms with van der Waals surface area (Å²) < 4.78 is 19.9. The summed E-state index contributed by atoms with van der Waals surface area (Å²) >= 11 is 0. The standard InChI is InChI=1S/C22H31FN4O3.HI/c1-3-24-22(25-11-12-27-20(28)5-4-6-21(27)29)26-15(2)17-9-10-19(18(23)13-17)30-14-16-7-8-16;/h9-10,13,15-16H,3-8,11-12,14H2,1-2H3,(H2,24,25,26);1H. The van der Waals surface area contributed by atoms with Gasteiger partial charge in [-0.05, 0) is 56.7 Å². The molecule has 7 nitrogen and oxygen atoms in total. The Hall–Kier alpha value is -1.91. The molecule has 1 aliphatic heterocycles. The number of imide groups is 1. The highest BCUT2D eigenvalue weighted by atomic mass is 127. The molecule has 1 unspecified atom stereocenters. The Morgan fingerprint density at radius 3 is 2.61 bits per heavy atom. The van der Waals surface area contributed by atoms with Crippen molar-refractivity contribution < 1.29 is 18.7 Å². The molecule has 3 rings (SSSR count). The van der Waals surface area contributed by atoms with Gasteiger partial charge in [-0.1, -0.05) is 6.07 Å². The van der Waals surface area contributed by atoms with Gasteiger partial charge in [0.15, 0.2) is 17.5 Å². The van der Waals surface area contributed by atoms with Crippen molar-refractivity contribution in [3.8, 4) is 5.75 Å². The molecule has 1 aromatic rings. The summed E-state index contributed by atoms with van der Waals surface area (Å²) in [6.07, 6.45) is 3.77. The van der Waals surface area contributed by atoms with Crippen LogP contribution < -0.4 is 15.4 Å². The molecule has 31 heavy (non-hydrogen) atoms. The van der Waals surface area contributed by atoms with Crippen LogP contribution in [0, 0.1) is 11.7 Å². The highest BCUT2D eigenvalue weighted by Gasteiger charge is 2.25. The van der Waals surface area contributed by atoms with Crippen LogP contribution >= 0.6 is 24.0 Å². The summed E-state index contributed by atoms with van der Waals surface area (Å²) in [5.74, 6) is 0.773. The number of ether oxygens (including phenoxy) is 1. The minimum atomic E-state index is -0.370. The van der Waals surface area contributed by atoms with Crippen LogP contribution in [0.5, 0.6) is 5.75 Å². The van der Waals surface area contributed by atoms with Crippen LogP contribution in [-0.2, 0) is 9.59 Å². The van der Waals surface area contributed by atoms with Gasteiger partial charge < -0.3 is 15.4 Å². The Labute approximate surface area is 200 Å². The maximum Gasteiger partial charge on any atom is 0.229 e. The van der Waals surface area contributed by atoms with Crippen molar-refractivity contribution in [3.05, 3.63) is 29.6 Å². The molecule has 2 aliphatic rings. The number of nitrogens with one attached hydrogen (secondary N) is 2. The zero-order valence-corrected chi connectivity index (χ0v) is 20.5. The van der Waals surface area contributed by atoms with Crippen LogP contribution in [-0.4, -0.2) is 48.9 Å². The fourth-order valence-corrected chi connectivity index (χ4v) is 3.32. The lowest BCUT2D eigenvalue weighted by Gasteiger charge is -2.24. The molecule has 2 fully saturated rings. The third-order valence-corrected chi connectivity index (χ3v) is 5.30. The summed E-state index contributed by atoms with van der Waals surface area (Å²) in [6.45, 7) is 5.67. The molecule has 0 spiro atoms. The Morgan fingerprint density at radius 2 is 2.00 bits per heavy atom. The fourth-order valence-electron chi connectivity index (χ4n) is 3.32. The number of aliphatic imine (C=N–C) groups is 1. The van der Waals surface area contributed by atoms with Crippen molar-refractivity contribution in [2.45, 2.75) is 52.0 Å². The lowest BCUT2D eigenvalue weighted by molar-refractivity contribution is -0.147. The van der Waals surface area contributed by atoms with E-state index in [1.807, 2.05) is 19.9 Å². The highest BCUT2D eigenvalue weighted by molar-refractivity contribution is 14.0. The molecule has 1 heterocycles. The molecule has 0 bridgehead atoms. The first kappa shape index (κ1) is 25.4. The van der Waals surface area contributed by atoms with Crippen LogP contribution in [0.2, 0.25) is 0 Å². The van der Waals surface area contributed by atoms with E-state index in [1.165, 1.54) is 11.0 Å². The largest absolute Gasteiger partial charge is 0.490 e. The Bertz CT molecular complexity index is 785. The molecule has 0 radical (unpaired) electrons. The van der Waals surface area contributed by atoms with Crippen LogP contribution in [0.25, 0.3) is 0 Å². The number of piperidine rings is 1. The monoisotopic (exact) mass is 546 g/mol. The van der Waals surface area contributed by atoms with E-state index < -0.39 is 0 Å². The van der Waals surface area contributed by atoms with Gasteiger partial charge in [-0.25, -0.2) is 4.39 Å². The van der Waals surface area contributed by atoms with Crippen LogP contribution in [0.15, 0.2) is 23.2 Å². The summed E-state index contributed by atoms with van der Waals surface area (Å²) in [4.78, 5) is 29.5. The van der Waals surface area contributed by atoms with E-state index in [0.29, 0.717) is 50.8 Å². The second kappa shape index (κ2) is 12.2. The number of amides is 2. The van der Waals surface area contributed by atoms with Crippen molar-refractivity contribution in [3.63, 3.8) is 0 Å². The zero-order valence-electron chi connectivity index (χ0n) is 18.2. The second-order valence-corrected chi connectivity index (χ2v) is 7.86. The third kappa shape index (κ3) is 7.62. The molecule has 0 aromatic heterocycles. The summed E-state index contributed by atoms with van der Waals surface area (Å²) in [5, 5.41) is 6.39. The summed E-state index contributed by atoms with van der Waals surface area (Å²) in [6, 6.07) is 4.81. The molecule has 1 saturated heterocycles. The zero-order chi connectivity index (χ0) is 21.5. The molecular weight excluding hydrogens is 514 g/mol. The fraction of sp³-hybridized carbons (Fsp3) is 0.591. The number of hydrogen-bond acceptors (Lipinski definition) is 4. The molecule has 1 saturated carbocycles. The summed E-state index contributed by atoms with van der Waals surface area (Å²) in [5.41, 5.74) is 0.776. The molecular formula is C22H32FIN4O3. The number of rotatable bonds is 9. The number of nitrogens with zero attached hydrogens (tertiary/aromatic N) is 2. The average molecular weight is 546 g/mol. The maximum absolute atomic E-state index is 14.4. The van der Waals surface area contributed by atoms with Crippen molar-refractivity contribution in [2.24, 2.45) is 10.9 Å². The van der Waals surface area contributed by atoms with Gasteiger partial charge in [-0.15, -0.1) is 24.0 Å². The van der Waals surface area contributed by atoms with E-state index in [-0.39, 0.29) is 59.9 Å². The van der Waals surface area contributed by atoms with Crippen molar-refractivity contribution >= 4 is 41.8 Å². The van der Waals surface area contributed by atoms with Crippen molar-refractivity contribution in [1.29, 1.82) is 0 Å². The quantitative estimate of drug-likeness (QED) is 0.215. The number of hydrogen-bond donors (Lipinski definition) is 2. The third-order valence-electron chi connectivity index (χ3n) is 5.30.